The average Bonchev–Trinajstić information content (AvgIpc) is 2.76. The normalized spacial score (nSPS) is 19.8. The van der Waals surface area contributed by atoms with Gasteiger partial charge in [0.05, 0.1) is 5.69 Å². The molecule has 1 unspecified atom stereocenters. The minimum atomic E-state index is -0.366. The Labute approximate surface area is 106 Å². The van der Waals surface area contributed by atoms with Crippen LogP contribution in [0.25, 0.3) is 0 Å². The number of rotatable bonds is 2. The van der Waals surface area contributed by atoms with Crippen molar-refractivity contribution in [1.82, 2.24) is 4.98 Å². The number of nitrogens with one attached hydrogen (secondary N) is 1. The monoisotopic (exact) mass is 304 g/mol. The number of anilines is 1. The predicted molar refractivity (Wildman–Crippen MR) is 64.6 cm³/mol. The second-order valence-electron chi connectivity index (χ2n) is 3.48. The van der Waals surface area contributed by atoms with Crippen LogP contribution in [0.5, 0.6) is 0 Å². The first kappa shape index (κ1) is 11.8. The number of amides is 1. The lowest BCUT2D eigenvalue weighted by molar-refractivity contribution is -0.124. The highest BCUT2D eigenvalue weighted by molar-refractivity contribution is 9.10. The molecule has 1 aromatic rings. The van der Waals surface area contributed by atoms with E-state index in [1.165, 1.54) is 0 Å². The molecule has 1 aliphatic heterocycles. The Morgan fingerprint density at radius 3 is 3.19 bits per heavy atom. The Hall–Kier alpha value is -0.650. The maximum absolute atomic E-state index is 11.7. The fourth-order valence-corrected chi connectivity index (χ4v) is 1.99. The van der Waals surface area contributed by atoms with Crippen LogP contribution in [-0.4, -0.2) is 23.6 Å². The molecule has 0 radical (unpaired) electrons. The minimum Gasteiger partial charge on any atom is -0.368 e. The number of hydrogen-bond donors (Lipinski definition) is 1. The third-order valence-electron chi connectivity index (χ3n) is 2.29. The Kier molecular flexibility index (Phi) is 3.78. The van der Waals surface area contributed by atoms with Crippen LogP contribution in [-0.2, 0) is 9.53 Å². The van der Waals surface area contributed by atoms with Gasteiger partial charge in [0.25, 0.3) is 5.91 Å². The molecular formula is C10H10BrClN2O2. The number of halogens is 2. The molecule has 1 aromatic heterocycles. The van der Waals surface area contributed by atoms with Crippen molar-refractivity contribution in [2.75, 3.05) is 11.9 Å². The van der Waals surface area contributed by atoms with Gasteiger partial charge in [-0.1, -0.05) is 11.6 Å². The maximum atomic E-state index is 11.7. The smallest absolute Gasteiger partial charge is 0.253 e. The number of ether oxygens (including phenoxy) is 1. The Balaban J connectivity index is 2.07. The highest BCUT2D eigenvalue weighted by Gasteiger charge is 2.24. The molecule has 0 bridgehead atoms. The largest absolute Gasteiger partial charge is 0.368 e. The second kappa shape index (κ2) is 5.12. The van der Waals surface area contributed by atoms with E-state index < -0.39 is 0 Å². The van der Waals surface area contributed by atoms with Gasteiger partial charge >= 0.3 is 0 Å². The maximum Gasteiger partial charge on any atom is 0.253 e. The summed E-state index contributed by atoms with van der Waals surface area (Å²) in [6.45, 7) is 0.641. The van der Waals surface area contributed by atoms with Gasteiger partial charge in [-0.15, -0.1) is 0 Å². The molecule has 1 saturated heterocycles. The van der Waals surface area contributed by atoms with E-state index in [2.05, 4.69) is 26.2 Å². The van der Waals surface area contributed by atoms with Crippen LogP contribution in [0.1, 0.15) is 12.8 Å². The first-order valence-corrected chi connectivity index (χ1v) is 6.07. The molecule has 0 saturated carbocycles. The van der Waals surface area contributed by atoms with E-state index in [1.807, 2.05) is 0 Å². The highest BCUT2D eigenvalue weighted by Crippen LogP contribution is 2.24. The summed E-state index contributed by atoms with van der Waals surface area (Å²) in [7, 11) is 0. The Morgan fingerprint density at radius 1 is 1.69 bits per heavy atom. The van der Waals surface area contributed by atoms with Gasteiger partial charge in [-0.25, -0.2) is 4.98 Å². The van der Waals surface area contributed by atoms with Gasteiger partial charge in [-0.2, -0.15) is 0 Å². The summed E-state index contributed by atoms with van der Waals surface area (Å²) in [6.07, 6.45) is 2.88. The van der Waals surface area contributed by atoms with Crippen molar-refractivity contribution in [1.29, 1.82) is 0 Å². The summed E-state index contributed by atoms with van der Waals surface area (Å²) in [6, 6.07) is 1.71. The molecule has 16 heavy (non-hydrogen) atoms. The van der Waals surface area contributed by atoms with Crippen LogP contribution in [0, 0.1) is 0 Å². The van der Waals surface area contributed by atoms with E-state index in [4.69, 9.17) is 16.3 Å². The second-order valence-corrected chi connectivity index (χ2v) is 4.76. The Bertz CT molecular complexity index is 408. The topological polar surface area (TPSA) is 51.2 Å². The van der Waals surface area contributed by atoms with Gasteiger partial charge < -0.3 is 10.1 Å². The summed E-state index contributed by atoms with van der Waals surface area (Å²) in [5.41, 5.74) is 0.497. The molecule has 0 spiro atoms. The van der Waals surface area contributed by atoms with Gasteiger partial charge in [-0.3, -0.25) is 4.79 Å². The van der Waals surface area contributed by atoms with Crippen LogP contribution in [0.4, 0.5) is 5.69 Å². The fourth-order valence-electron chi connectivity index (χ4n) is 1.51. The Morgan fingerprint density at radius 2 is 2.50 bits per heavy atom. The molecule has 1 aliphatic rings. The fraction of sp³-hybridized carbons (Fsp3) is 0.400. The van der Waals surface area contributed by atoms with Crippen molar-refractivity contribution < 1.29 is 9.53 Å². The van der Waals surface area contributed by atoms with Crippen molar-refractivity contribution in [3.8, 4) is 0 Å². The number of hydrogen-bond acceptors (Lipinski definition) is 3. The van der Waals surface area contributed by atoms with E-state index in [0.717, 1.165) is 17.3 Å². The zero-order chi connectivity index (χ0) is 11.5. The number of aromatic nitrogens is 1. The molecule has 1 atom stereocenters. The van der Waals surface area contributed by atoms with E-state index >= 15 is 0 Å². The van der Waals surface area contributed by atoms with Crippen LogP contribution in [0.15, 0.2) is 16.7 Å². The summed E-state index contributed by atoms with van der Waals surface area (Å²) in [5, 5.41) is 2.98. The lowest BCUT2D eigenvalue weighted by Crippen LogP contribution is -2.27. The zero-order valence-corrected chi connectivity index (χ0v) is 10.7. The van der Waals surface area contributed by atoms with Crippen LogP contribution in [0.2, 0.25) is 5.15 Å². The molecule has 86 valence electrons. The van der Waals surface area contributed by atoms with E-state index in [-0.39, 0.29) is 17.2 Å². The third kappa shape index (κ3) is 2.72. The van der Waals surface area contributed by atoms with Gasteiger partial charge in [0.15, 0.2) is 5.15 Å². The van der Waals surface area contributed by atoms with Crippen LogP contribution < -0.4 is 5.32 Å². The zero-order valence-electron chi connectivity index (χ0n) is 8.37. The molecule has 4 nitrogen and oxygen atoms in total. The molecule has 1 fully saturated rings. The van der Waals surface area contributed by atoms with Crippen molar-refractivity contribution in [3.05, 3.63) is 21.9 Å². The molecule has 1 N–H and O–H groups in total. The molecule has 1 amide bonds. The summed E-state index contributed by atoms with van der Waals surface area (Å²) in [5.74, 6) is -0.167. The average molecular weight is 306 g/mol. The van der Waals surface area contributed by atoms with E-state index in [0.29, 0.717) is 12.3 Å². The SMILES string of the molecule is O=C(Nc1cc(Br)cnc1Cl)C1CCCO1. The molecule has 6 heteroatoms. The highest BCUT2D eigenvalue weighted by atomic mass is 79.9. The van der Waals surface area contributed by atoms with Gasteiger partial charge in [0, 0.05) is 17.3 Å². The van der Waals surface area contributed by atoms with Gasteiger partial charge in [0.1, 0.15) is 6.10 Å². The van der Waals surface area contributed by atoms with Crippen molar-refractivity contribution >= 4 is 39.1 Å². The summed E-state index contributed by atoms with van der Waals surface area (Å²) in [4.78, 5) is 15.7. The van der Waals surface area contributed by atoms with Crippen LogP contribution >= 0.6 is 27.5 Å². The lowest BCUT2D eigenvalue weighted by atomic mass is 10.2. The summed E-state index contributed by atoms with van der Waals surface area (Å²) >= 11 is 9.13. The number of nitrogens with zero attached hydrogens (tertiary/aromatic N) is 1. The van der Waals surface area contributed by atoms with Gasteiger partial charge in [-0.05, 0) is 34.8 Å². The molecule has 2 heterocycles. The summed E-state index contributed by atoms with van der Waals surface area (Å²) < 4.78 is 6.03. The first-order chi connectivity index (χ1) is 7.66. The molecule has 2 rings (SSSR count). The standard InChI is InChI=1S/C10H10BrClN2O2/c11-6-4-7(9(12)13-5-6)14-10(15)8-2-1-3-16-8/h4-5,8H,1-3H2,(H,14,15). The van der Waals surface area contributed by atoms with E-state index in [9.17, 15) is 4.79 Å². The van der Waals surface area contributed by atoms with E-state index in [1.54, 1.807) is 12.3 Å². The van der Waals surface area contributed by atoms with Crippen LogP contribution in [0.3, 0.4) is 0 Å². The molecule has 0 aromatic carbocycles. The van der Waals surface area contributed by atoms with Crippen molar-refractivity contribution in [2.24, 2.45) is 0 Å². The first-order valence-electron chi connectivity index (χ1n) is 4.90. The number of carbonyl (C=O) groups excluding carboxylic acids is 1. The van der Waals surface area contributed by atoms with Crippen molar-refractivity contribution in [2.45, 2.75) is 18.9 Å². The third-order valence-corrected chi connectivity index (χ3v) is 3.02. The van der Waals surface area contributed by atoms with Gasteiger partial charge in [0.2, 0.25) is 0 Å². The minimum absolute atomic E-state index is 0.167. The lowest BCUT2D eigenvalue weighted by Gasteiger charge is -2.11. The number of pyridine rings is 1. The molecule has 0 aliphatic carbocycles. The predicted octanol–water partition coefficient (Wildman–Crippen LogP) is 2.62. The molecular weight excluding hydrogens is 295 g/mol. The van der Waals surface area contributed by atoms with Crippen molar-refractivity contribution in [3.63, 3.8) is 0 Å². The number of carbonyl (C=O) groups is 1. The quantitative estimate of drug-likeness (QED) is 0.855.